The van der Waals surface area contributed by atoms with Gasteiger partial charge in [0.25, 0.3) is 0 Å². The summed E-state index contributed by atoms with van der Waals surface area (Å²) in [5.74, 6) is 0. The smallest absolute Gasteiger partial charge is 0.0406 e. The van der Waals surface area contributed by atoms with Gasteiger partial charge in [0.05, 0.1) is 0 Å². The lowest BCUT2D eigenvalue weighted by Gasteiger charge is -2.02. The van der Waals surface area contributed by atoms with Gasteiger partial charge in [-0.15, -0.1) is 0 Å². The van der Waals surface area contributed by atoms with Crippen LogP contribution in [0.3, 0.4) is 0 Å². The van der Waals surface area contributed by atoms with E-state index in [-0.39, 0.29) is 0 Å². The van der Waals surface area contributed by atoms with Gasteiger partial charge in [0, 0.05) is 18.1 Å². The van der Waals surface area contributed by atoms with Gasteiger partial charge in [-0.1, -0.05) is 24.3 Å². The lowest BCUT2D eigenvalue weighted by molar-refractivity contribution is 1.12. The van der Waals surface area contributed by atoms with Gasteiger partial charge in [-0.2, -0.15) is 0 Å². The zero-order chi connectivity index (χ0) is 9.68. The average Bonchev–Trinajstić information content (AvgIpc) is 2.58. The predicted molar refractivity (Wildman–Crippen MR) is 58.3 cm³/mol. The molecule has 1 aromatic heterocycles. The van der Waals surface area contributed by atoms with Crippen molar-refractivity contribution in [2.45, 2.75) is 13.8 Å². The zero-order valence-electron chi connectivity index (χ0n) is 8.20. The van der Waals surface area contributed by atoms with Crippen molar-refractivity contribution in [3.05, 3.63) is 54.9 Å². The van der Waals surface area contributed by atoms with Crippen LogP contribution in [0.5, 0.6) is 0 Å². The van der Waals surface area contributed by atoms with Crippen molar-refractivity contribution < 1.29 is 0 Å². The van der Waals surface area contributed by atoms with E-state index in [4.69, 9.17) is 0 Å². The molecule has 0 bridgehead atoms. The largest absolute Gasteiger partial charge is 0.324 e. The van der Waals surface area contributed by atoms with E-state index < -0.39 is 0 Å². The van der Waals surface area contributed by atoms with E-state index in [9.17, 15) is 0 Å². The Balaban J connectivity index is 2.83. The highest BCUT2D eigenvalue weighted by Crippen LogP contribution is 2.07. The summed E-state index contributed by atoms with van der Waals surface area (Å²) in [5, 5.41) is 0. The first-order valence-electron chi connectivity index (χ1n) is 4.37. The molecule has 1 heteroatoms. The van der Waals surface area contributed by atoms with Crippen molar-refractivity contribution in [2.75, 3.05) is 0 Å². The Morgan fingerprint density at radius 2 is 1.85 bits per heavy atom. The van der Waals surface area contributed by atoms with Crippen molar-refractivity contribution in [2.24, 2.45) is 0 Å². The number of rotatable bonds is 3. The predicted octanol–water partition coefficient (Wildman–Crippen LogP) is 3.48. The molecule has 0 radical (unpaired) electrons. The molecule has 68 valence electrons. The average molecular weight is 173 g/mol. The van der Waals surface area contributed by atoms with Gasteiger partial charge >= 0.3 is 0 Å². The molecule has 0 amide bonds. The summed E-state index contributed by atoms with van der Waals surface area (Å²) < 4.78 is 2.07. The van der Waals surface area contributed by atoms with Crippen molar-refractivity contribution in [1.29, 1.82) is 0 Å². The Bertz CT molecular complexity index is 326. The van der Waals surface area contributed by atoms with Gasteiger partial charge in [-0.25, -0.2) is 0 Å². The molecular weight excluding hydrogens is 158 g/mol. The third-order valence-corrected chi connectivity index (χ3v) is 1.74. The highest BCUT2D eigenvalue weighted by Gasteiger charge is 1.90. The Morgan fingerprint density at radius 3 is 2.31 bits per heavy atom. The number of aromatic nitrogens is 1. The molecule has 0 spiro atoms. The fraction of sp³-hybridized carbons (Fsp3) is 0.167. The van der Waals surface area contributed by atoms with Crippen LogP contribution in [0, 0.1) is 0 Å². The Labute approximate surface area is 79.7 Å². The normalized spacial score (nSPS) is 12.3. The van der Waals surface area contributed by atoms with Gasteiger partial charge in [0.2, 0.25) is 0 Å². The van der Waals surface area contributed by atoms with Gasteiger partial charge in [-0.3, -0.25) is 0 Å². The van der Waals surface area contributed by atoms with Crippen LogP contribution in [0.25, 0.3) is 5.70 Å². The molecule has 13 heavy (non-hydrogen) atoms. The summed E-state index contributed by atoms with van der Waals surface area (Å²) in [4.78, 5) is 0. The molecule has 0 saturated carbocycles. The van der Waals surface area contributed by atoms with Crippen LogP contribution in [0.2, 0.25) is 0 Å². The quantitative estimate of drug-likeness (QED) is 0.617. The summed E-state index contributed by atoms with van der Waals surface area (Å²) in [5.41, 5.74) is 2.22. The topological polar surface area (TPSA) is 4.93 Å². The van der Waals surface area contributed by atoms with E-state index in [1.807, 2.05) is 44.4 Å². The number of hydrogen-bond donors (Lipinski definition) is 0. The van der Waals surface area contributed by atoms with Crippen molar-refractivity contribution >= 4 is 5.70 Å². The molecule has 0 aliphatic carbocycles. The fourth-order valence-electron chi connectivity index (χ4n) is 1.07. The maximum atomic E-state index is 3.82. The molecular formula is C12H15N. The summed E-state index contributed by atoms with van der Waals surface area (Å²) in [6.45, 7) is 7.83. The standard InChI is InChI=1S/C12H15N/c1-4-12(8-7-11(2)3)13-9-5-6-10-13/h4-10H,2H2,1,3H3/b8-7-,12-4+. The van der Waals surface area contributed by atoms with Gasteiger partial charge in [-0.05, 0) is 32.1 Å². The molecule has 1 nitrogen and oxygen atoms in total. The van der Waals surface area contributed by atoms with E-state index >= 15 is 0 Å². The minimum atomic E-state index is 1.06. The molecule has 0 saturated heterocycles. The molecule has 0 fully saturated rings. The number of nitrogens with zero attached hydrogens (tertiary/aromatic N) is 1. The molecule has 1 heterocycles. The monoisotopic (exact) mass is 173 g/mol. The second-order valence-electron chi connectivity index (χ2n) is 2.98. The zero-order valence-corrected chi connectivity index (χ0v) is 8.20. The molecule has 1 rings (SSSR count). The third-order valence-electron chi connectivity index (χ3n) is 1.74. The molecule has 0 atom stereocenters. The SMILES string of the molecule is C=C(C)/C=C\C(=C/C)n1cccc1. The molecule has 0 aliphatic heterocycles. The van der Waals surface area contributed by atoms with Crippen LogP contribution < -0.4 is 0 Å². The summed E-state index contributed by atoms with van der Waals surface area (Å²) >= 11 is 0. The van der Waals surface area contributed by atoms with Crippen LogP contribution in [0.4, 0.5) is 0 Å². The Kier molecular flexibility index (Phi) is 3.32. The molecule has 0 aliphatic rings. The van der Waals surface area contributed by atoms with Crippen LogP contribution in [-0.2, 0) is 0 Å². The van der Waals surface area contributed by atoms with E-state index in [0.717, 1.165) is 11.3 Å². The van der Waals surface area contributed by atoms with Gasteiger partial charge < -0.3 is 4.57 Å². The van der Waals surface area contributed by atoms with Crippen LogP contribution in [-0.4, -0.2) is 4.57 Å². The maximum Gasteiger partial charge on any atom is 0.0406 e. The minimum absolute atomic E-state index is 1.06. The minimum Gasteiger partial charge on any atom is -0.324 e. The van der Waals surface area contributed by atoms with E-state index in [1.54, 1.807) is 0 Å². The summed E-state index contributed by atoms with van der Waals surface area (Å²) in [7, 11) is 0. The Morgan fingerprint density at radius 1 is 1.23 bits per heavy atom. The molecule has 0 N–H and O–H groups in total. The number of hydrogen-bond acceptors (Lipinski definition) is 0. The highest BCUT2D eigenvalue weighted by atomic mass is 14.9. The van der Waals surface area contributed by atoms with Crippen molar-refractivity contribution in [3.63, 3.8) is 0 Å². The van der Waals surface area contributed by atoms with Crippen molar-refractivity contribution in [1.82, 2.24) is 4.57 Å². The molecule has 1 aromatic rings. The highest BCUT2D eigenvalue weighted by molar-refractivity contribution is 5.57. The van der Waals surface area contributed by atoms with E-state index in [2.05, 4.69) is 23.3 Å². The second-order valence-corrected chi connectivity index (χ2v) is 2.98. The summed E-state index contributed by atoms with van der Waals surface area (Å²) in [6.07, 6.45) is 10.2. The van der Waals surface area contributed by atoms with Gasteiger partial charge in [0.1, 0.15) is 0 Å². The van der Waals surface area contributed by atoms with E-state index in [0.29, 0.717) is 0 Å². The second kappa shape index (κ2) is 4.51. The van der Waals surface area contributed by atoms with Crippen LogP contribution >= 0.6 is 0 Å². The van der Waals surface area contributed by atoms with Gasteiger partial charge in [0.15, 0.2) is 0 Å². The third kappa shape index (κ3) is 2.79. The first kappa shape index (κ1) is 9.59. The van der Waals surface area contributed by atoms with E-state index in [1.165, 1.54) is 0 Å². The molecule has 0 unspecified atom stereocenters. The van der Waals surface area contributed by atoms with Crippen LogP contribution in [0.15, 0.2) is 54.9 Å². The van der Waals surface area contributed by atoms with Crippen LogP contribution in [0.1, 0.15) is 13.8 Å². The number of allylic oxidation sites excluding steroid dienone is 5. The first-order valence-corrected chi connectivity index (χ1v) is 4.37. The summed E-state index contributed by atoms with van der Waals surface area (Å²) in [6, 6.07) is 4.02. The first-order chi connectivity index (χ1) is 6.24. The Hall–Kier alpha value is -1.50. The molecule has 0 aromatic carbocycles. The lowest BCUT2D eigenvalue weighted by Crippen LogP contribution is -1.88. The lowest BCUT2D eigenvalue weighted by atomic mass is 10.3. The maximum absolute atomic E-state index is 3.82. The van der Waals surface area contributed by atoms with Crippen molar-refractivity contribution in [3.8, 4) is 0 Å². The fourth-order valence-corrected chi connectivity index (χ4v) is 1.07.